The molecule has 0 aliphatic rings. The molecule has 0 aliphatic carbocycles. The minimum atomic E-state index is -1.03. The molecule has 76 valence electrons. The molecular weight excluding hydrogens is 194 g/mol. The van der Waals surface area contributed by atoms with E-state index in [4.69, 9.17) is 5.11 Å². The van der Waals surface area contributed by atoms with E-state index < -0.39 is 5.97 Å². The Morgan fingerprint density at radius 3 is 2.87 bits per heavy atom. The van der Waals surface area contributed by atoms with Crippen LogP contribution in [0.5, 0.6) is 0 Å². The largest absolute Gasteiger partial charge is 0.476 e. The van der Waals surface area contributed by atoms with Crippen molar-refractivity contribution in [3.63, 3.8) is 0 Å². The van der Waals surface area contributed by atoms with E-state index in [-0.39, 0.29) is 5.69 Å². The molecule has 0 unspecified atom stereocenters. The van der Waals surface area contributed by atoms with Crippen LogP contribution in [0.4, 0.5) is 0 Å². The molecule has 5 heteroatoms. The van der Waals surface area contributed by atoms with Gasteiger partial charge in [-0.1, -0.05) is 0 Å². The fourth-order valence-corrected chi connectivity index (χ4v) is 1.36. The number of hydrogen-bond donors (Lipinski definition) is 1. The second-order valence-corrected chi connectivity index (χ2v) is 3.09. The van der Waals surface area contributed by atoms with Gasteiger partial charge >= 0.3 is 5.97 Å². The Bertz CT molecular complexity index is 491. The van der Waals surface area contributed by atoms with Gasteiger partial charge in [-0.2, -0.15) is 5.10 Å². The van der Waals surface area contributed by atoms with Crippen LogP contribution < -0.4 is 0 Å². The second-order valence-electron chi connectivity index (χ2n) is 3.09. The third kappa shape index (κ3) is 1.71. The lowest BCUT2D eigenvalue weighted by molar-refractivity contribution is 0.0689. The number of hydrogen-bond acceptors (Lipinski definition) is 3. The number of rotatable bonds is 2. The fraction of sp³-hybridized carbons (Fsp3) is 0.100. The zero-order chi connectivity index (χ0) is 10.8. The number of aromatic nitrogens is 3. The van der Waals surface area contributed by atoms with Crippen LogP contribution in [0.25, 0.3) is 11.3 Å². The molecule has 0 atom stereocenters. The zero-order valence-electron chi connectivity index (χ0n) is 8.08. The van der Waals surface area contributed by atoms with Crippen molar-refractivity contribution < 1.29 is 9.90 Å². The molecule has 2 rings (SSSR count). The van der Waals surface area contributed by atoms with Crippen molar-refractivity contribution in [1.29, 1.82) is 0 Å². The molecule has 1 N–H and O–H groups in total. The van der Waals surface area contributed by atoms with Gasteiger partial charge in [0.15, 0.2) is 5.69 Å². The monoisotopic (exact) mass is 203 g/mol. The summed E-state index contributed by atoms with van der Waals surface area (Å²) >= 11 is 0. The molecule has 0 saturated heterocycles. The number of carbonyl (C=O) groups is 1. The number of nitrogens with zero attached hydrogens (tertiary/aromatic N) is 3. The number of aryl methyl sites for hydroxylation is 1. The van der Waals surface area contributed by atoms with Crippen molar-refractivity contribution in [1.82, 2.24) is 14.8 Å². The molecule has 15 heavy (non-hydrogen) atoms. The first-order valence-electron chi connectivity index (χ1n) is 4.36. The summed E-state index contributed by atoms with van der Waals surface area (Å²) in [5, 5.41) is 12.7. The van der Waals surface area contributed by atoms with Gasteiger partial charge in [-0.15, -0.1) is 0 Å². The normalized spacial score (nSPS) is 10.2. The minimum Gasteiger partial charge on any atom is -0.476 e. The second kappa shape index (κ2) is 3.53. The van der Waals surface area contributed by atoms with Crippen molar-refractivity contribution in [2.75, 3.05) is 0 Å². The first kappa shape index (κ1) is 9.39. The van der Waals surface area contributed by atoms with E-state index in [1.54, 1.807) is 25.5 Å². The average Bonchev–Trinajstić information content (AvgIpc) is 2.62. The lowest BCUT2D eigenvalue weighted by Crippen LogP contribution is -1.99. The molecule has 0 amide bonds. The predicted octanol–water partition coefficient (Wildman–Crippen LogP) is 1.18. The van der Waals surface area contributed by atoms with Crippen LogP contribution in [0, 0.1) is 0 Å². The first-order valence-corrected chi connectivity index (χ1v) is 4.36. The van der Waals surface area contributed by atoms with Crippen LogP contribution >= 0.6 is 0 Å². The van der Waals surface area contributed by atoms with Gasteiger partial charge in [0.2, 0.25) is 0 Å². The SMILES string of the molecule is Cn1nc(C(=O)O)cc1-c1cccnc1. The third-order valence-electron chi connectivity index (χ3n) is 2.06. The van der Waals surface area contributed by atoms with Gasteiger partial charge in [-0.25, -0.2) is 4.79 Å². The van der Waals surface area contributed by atoms with E-state index in [9.17, 15) is 4.79 Å². The summed E-state index contributed by atoms with van der Waals surface area (Å²) < 4.78 is 1.53. The van der Waals surface area contributed by atoms with Crippen LogP contribution in [-0.4, -0.2) is 25.8 Å². The van der Waals surface area contributed by atoms with Gasteiger partial charge in [0.25, 0.3) is 0 Å². The molecule has 0 aromatic carbocycles. The van der Waals surface area contributed by atoms with E-state index in [1.165, 1.54) is 10.7 Å². The standard InChI is InChI=1S/C10H9N3O2/c1-13-9(5-8(12-13)10(14)15)7-3-2-4-11-6-7/h2-6H,1H3,(H,14,15). The smallest absolute Gasteiger partial charge is 0.356 e. The summed E-state index contributed by atoms with van der Waals surface area (Å²) in [4.78, 5) is 14.7. The Balaban J connectivity index is 2.50. The van der Waals surface area contributed by atoms with Crippen molar-refractivity contribution in [3.8, 4) is 11.3 Å². The molecule has 0 bridgehead atoms. The Hall–Kier alpha value is -2.17. The molecule has 2 heterocycles. The van der Waals surface area contributed by atoms with Crippen LogP contribution in [0.2, 0.25) is 0 Å². The van der Waals surface area contributed by atoms with Gasteiger partial charge in [-0.3, -0.25) is 9.67 Å². The number of carboxylic acids is 1. The van der Waals surface area contributed by atoms with Gasteiger partial charge < -0.3 is 5.11 Å². The summed E-state index contributed by atoms with van der Waals surface area (Å²) in [5.41, 5.74) is 1.62. The number of carboxylic acid groups (broad SMARTS) is 1. The highest BCUT2D eigenvalue weighted by Gasteiger charge is 2.11. The maximum atomic E-state index is 10.7. The van der Waals surface area contributed by atoms with Crippen LogP contribution in [0.15, 0.2) is 30.6 Å². The molecule has 2 aromatic heterocycles. The van der Waals surface area contributed by atoms with Crippen LogP contribution in [-0.2, 0) is 7.05 Å². The van der Waals surface area contributed by atoms with Gasteiger partial charge in [0.05, 0.1) is 5.69 Å². The average molecular weight is 203 g/mol. The molecule has 0 radical (unpaired) electrons. The maximum Gasteiger partial charge on any atom is 0.356 e. The Morgan fingerprint density at radius 1 is 1.53 bits per heavy atom. The summed E-state index contributed by atoms with van der Waals surface area (Å²) in [6, 6.07) is 5.18. The van der Waals surface area contributed by atoms with Gasteiger partial charge in [0.1, 0.15) is 0 Å². The van der Waals surface area contributed by atoms with Crippen molar-refractivity contribution in [2.24, 2.45) is 7.05 Å². The van der Waals surface area contributed by atoms with Gasteiger partial charge in [0, 0.05) is 25.0 Å². The summed E-state index contributed by atoms with van der Waals surface area (Å²) in [6.45, 7) is 0. The van der Waals surface area contributed by atoms with E-state index in [2.05, 4.69) is 10.1 Å². The topological polar surface area (TPSA) is 68.0 Å². The van der Waals surface area contributed by atoms with E-state index in [1.807, 2.05) is 6.07 Å². The Kier molecular flexibility index (Phi) is 2.21. The first-order chi connectivity index (χ1) is 7.18. The highest BCUT2D eigenvalue weighted by atomic mass is 16.4. The van der Waals surface area contributed by atoms with Crippen LogP contribution in [0.3, 0.4) is 0 Å². The van der Waals surface area contributed by atoms with E-state index >= 15 is 0 Å². The predicted molar refractivity (Wildman–Crippen MR) is 53.4 cm³/mol. The molecule has 0 spiro atoms. The Morgan fingerprint density at radius 2 is 2.33 bits per heavy atom. The highest BCUT2D eigenvalue weighted by molar-refractivity contribution is 5.86. The number of aromatic carboxylic acids is 1. The molecule has 0 saturated carbocycles. The van der Waals surface area contributed by atoms with E-state index in [0.717, 1.165) is 11.3 Å². The van der Waals surface area contributed by atoms with Crippen molar-refractivity contribution in [3.05, 3.63) is 36.3 Å². The summed E-state index contributed by atoms with van der Waals surface area (Å²) in [6.07, 6.45) is 3.33. The summed E-state index contributed by atoms with van der Waals surface area (Å²) in [7, 11) is 1.70. The highest BCUT2D eigenvalue weighted by Crippen LogP contribution is 2.18. The fourth-order valence-electron chi connectivity index (χ4n) is 1.36. The molecule has 0 fully saturated rings. The zero-order valence-corrected chi connectivity index (χ0v) is 8.08. The molecule has 2 aromatic rings. The Labute approximate surface area is 86.0 Å². The lowest BCUT2D eigenvalue weighted by Gasteiger charge is -1.99. The summed E-state index contributed by atoms with van der Waals surface area (Å²) in [5.74, 6) is -1.03. The lowest BCUT2D eigenvalue weighted by atomic mass is 10.2. The maximum absolute atomic E-state index is 10.7. The minimum absolute atomic E-state index is 0.0383. The van der Waals surface area contributed by atoms with Crippen LogP contribution in [0.1, 0.15) is 10.5 Å². The van der Waals surface area contributed by atoms with E-state index in [0.29, 0.717) is 0 Å². The van der Waals surface area contributed by atoms with Crippen molar-refractivity contribution in [2.45, 2.75) is 0 Å². The molecule has 5 nitrogen and oxygen atoms in total. The third-order valence-corrected chi connectivity index (χ3v) is 2.06. The van der Waals surface area contributed by atoms with Crippen molar-refractivity contribution >= 4 is 5.97 Å². The molecular formula is C10H9N3O2. The number of pyridine rings is 1. The molecule has 0 aliphatic heterocycles. The van der Waals surface area contributed by atoms with Gasteiger partial charge in [-0.05, 0) is 18.2 Å². The quantitative estimate of drug-likeness (QED) is 0.795.